The zero-order chi connectivity index (χ0) is 29.0. The summed E-state index contributed by atoms with van der Waals surface area (Å²) in [6.45, 7) is 0.0686. The number of aldehydes is 1. The Morgan fingerprint density at radius 2 is 1.58 bits per heavy atom. The maximum absolute atomic E-state index is 12.7. The molecule has 0 radical (unpaired) electrons. The highest BCUT2D eigenvalue weighted by molar-refractivity contribution is 5.93. The van der Waals surface area contributed by atoms with Crippen molar-refractivity contribution in [2.24, 2.45) is 5.11 Å². The minimum Gasteiger partial charge on any atom is -0.481 e. The molecule has 0 saturated carbocycles. The number of nitrogens with one attached hydrogen (secondary N) is 4. The molecule has 15 heteroatoms. The van der Waals surface area contributed by atoms with Crippen LogP contribution in [0.2, 0.25) is 0 Å². The standard InChI is InChI=1S/C23H40N8O7/c1-31(2,3)12-8-6-10-17(28-20(34)16-27-30-24)22(37)26-15-19(33)29-18(14-21(35)36)23(38)25-11-7-4-5-9-13-32/h13,17-18H,4-12,14-16H2,1-3H3,(H4-,25,26,28,29,33,34,35,36,37,38)/p+1/t17-,18-/m0/s1. The van der Waals surface area contributed by atoms with Gasteiger partial charge in [-0.15, -0.1) is 0 Å². The number of hydrogen-bond donors (Lipinski definition) is 5. The van der Waals surface area contributed by atoms with E-state index < -0.39 is 61.2 Å². The van der Waals surface area contributed by atoms with Gasteiger partial charge in [-0.2, -0.15) is 0 Å². The van der Waals surface area contributed by atoms with Crippen LogP contribution in [0, 0.1) is 0 Å². The first-order valence-corrected chi connectivity index (χ1v) is 12.5. The largest absolute Gasteiger partial charge is 0.481 e. The average Bonchev–Trinajstić information content (AvgIpc) is 2.83. The predicted octanol–water partition coefficient (Wildman–Crippen LogP) is -0.391. The number of amides is 4. The maximum atomic E-state index is 12.7. The van der Waals surface area contributed by atoms with Crippen molar-refractivity contribution >= 4 is 35.9 Å². The van der Waals surface area contributed by atoms with E-state index in [0.717, 1.165) is 23.7 Å². The van der Waals surface area contributed by atoms with Gasteiger partial charge in [0.2, 0.25) is 23.6 Å². The molecule has 0 aromatic heterocycles. The molecule has 0 saturated heterocycles. The van der Waals surface area contributed by atoms with Crippen LogP contribution in [0.3, 0.4) is 0 Å². The Labute approximate surface area is 222 Å². The summed E-state index contributed by atoms with van der Waals surface area (Å²) in [6.07, 6.45) is 4.22. The van der Waals surface area contributed by atoms with Gasteiger partial charge in [-0.1, -0.05) is 11.5 Å². The van der Waals surface area contributed by atoms with Crippen molar-refractivity contribution in [3.05, 3.63) is 10.4 Å². The summed E-state index contributed by atoms with van der Waals surface area (Å²) in [5.74, 6) is -4.05. The lowest BCUT2D eigenvalue weighted by atomic mass is 10.1. The number of carboxylic acids is 1. The fourth-order valence-electron chi connectivity index (χ4n) is 3.32. The Balaban J connectivity index is 4.93. The van der Waals surface area contributed by atoms with E-state index in [2.05, 4.69) is 31.3 Å². The highest BCUT2D eigenvalue weighted by atomic mass is 16.4. The van der Waals surface area contributed by atoms with Crippen molar-refractivity contribution in [1.82, 2.24) is 21.3 Å². The Bertz CT molecular complexity index is 853. The molecule has 0 spiro atoms. The third-order valence-electron chi connectivity index (χ3n) is 5.25. The molecule has 0 aliphatic rings. The Kier molecular flexibility index (Phi) is 17.5. The SMILES string of the molecule is C[N+](C)(C)CCCC[C@H](NC(=O)CN=[N+]=[N-])C(=O)NCC(=O)N[C@@H](CC(=O)O)C(=O)NCCCCCC=O. The van der Waals surface area contributed by atoms with Crippen molar-refractivity contribution in [3.8, 4) is 0 Å². The van der Waals surface area contributed by atoms with E-state index in [9.17, 15) is 28.8 Å². The summed E-state index contributed by atoms with van der Waals surface area (Å²) < 4.78 is 0.728. The van der Waals surface area contributed by atoms with E-state index in [0.29, 0.717) is 32.1 Å². The molecular formula is C23H41N8O7+. The van der Waals surface area contributed by atoms with Gasteiger partial charge in [0.05, 0.1) is 40.7 Å². The zero-order valence-corrected chi connectivity index (χ0v) is 22.4. The van der Waals surface area contributed by atoms with E-state index in [1.807, 2.05) is 21.1 Å². The van der Waals surface area contributed by atoms with Crippen LogP contribution in [-0.2, 0) is 28.8 Å². The van der Waals surface area contributed by atoms with E-state index in [1.54, 1.807) is 0 Å². The molecule has 0 aromatic rings. The number of rotatable bonds is 21. The van der Waals surface area contributed by atoms with Crippen molar-refractivity contribution < 1.29 is 38.4 Å². The van der Waals surface area contributed by atoms with Crippen LogP contribution in [0.25, 0.3) is 10.4 Å². The molecule has 4 amide bonds. The van der Waals surface area contributed by atoms with Crippen molar-refractivity contribution in [3.63, 3.8) is 0 Å². The number of quaternary nitrogens is 1. The molecule has 0 fully saturated rings. The molecule has 38 heavy (non-hydrogen) atoms. The van der Waals surface area contributed by atoms with Gasteiger partial charge in [0, 0.05) is 17.9 Å². The molecule has 0 heterocycles. The average molecular weight is 542 g/mol. The summed E-state index contributed by atoms with van der Waals surface area (Å²) in [6, 6.07) is -2.32. The Morgan fingerprint density at radius 3 is 2.18 bits per heavy atom. The topological polar surface area (TPSA) is 220 Å². The third-order valence-corrected chi connectivity index (χ3v) is 5.25. The molecule has 0 rings (SSSR count). The first-order chi connectivity index (χ1) is 17.9. The molecule has 0 unspecified atom stereocenters. The summed E-state index contributed by atoms with van der Waals surface area (Å²) >= 11 is 0. The first kappa shape index (κ1) is 34.3. The van der Waals surface area contributed by atoms with Gasteiger partial charge in [-0.05, 0) is 37.6 Å². The fourth-order valence-corrected chi connectivity index (χ4v) is 3.32. The maximum Gasteiger partial charge on any atom is 0.305 e. The van der Waals surface area contributed by atoms with Crippen molar-refractivity contribution in [2.45, 2.75) is 63.5 Å². The van der Waals surface area contributed by atoms with Crippen LogP contribution in [0.5, 0.6) is 0 Å². The van der Waals surface area contributed by atoms with E-state index in [-0.39, 0.29) is 13.0 Å². The van der Waals surface area contributed by atoms with E-state index >= 15 is 0 Å². The molecule has 0 bridgehead atoms. The fraction of sp³-hybridized carbons (Fsp3) is 0.739. The normalized spacial score (nSPS) is 12.3. The molecule has 214 valence electrons. The second-order valence-corrected chi connectivity index (χ2v) is 9.76. The number of azide groups is 1. The highest BCUT2D eigenvalue weighted by Crippen LogP contribution is 2.05. The number of hydrogen-bond acceptors (Lipinski definition) is 7. The zero-order valence-electron chi connectivity index (χ0n) is 22.4. The Morgan fingerprint density at radius 1 is 0.921 bits per heavy atom. The second-order valence-electron chi connectivity index (χ2n) is 9.76. The molecule has 15 nitrogen and oxygen atoms in total. The highest BCUT2D eigenvalue weighted by Gasteiger charge is 2.25. The number of unbranched alkanes of at least 4 members (excludes halogenated alkanes) is 4. The molecular weight excluding hydrogens is 500 g/mol. The van der Waals surface area contributed by atoms with Crippen LogP contribution < -0.4 is 21.3 Å². The van der Waals surface area contributed by atoms with Crippen LogP contribution in [-0.4, -0.2) is 105 Å². The van der Waals surface area contributed by atoms with Gasteiger partial charge < -0.3 is 35.7 Å². The van der Waals surface area contributed by atoms with Crippen molar-refractivity contribution in [2.75, 3.05) is 47.3 Å². The van der Waals surface area contributed by atoms with Gasteiger partial charge in [-0.3, -0.25) is 24.0 Å². The third kappa shape index (κ3) is 18.5. The minimum atomic E-state index is -1.35. The predicted molar refractivity (Wildman–Crippen MR) is 137 cm³/mol. The van der Waals surface area contributed by atoms with Crippen LogP contribution in [0.1, 0.15) is 51.4 Å². The lowest BCUT2D eigenvalue weighted by molar-refractivity contribution is -0.870. The molecule has 0 aromatic carbocycles. The summed E-state index contributed by atoms with van der Waals surface area (Å²) in [4.78, 5) is 73.4. The van der Waals surface area contributed by atoms with E-state index in [4.69, 9.17) is 10.6 Å². The summed E-state index contributed by atoms with van der Waals surface area (Å²) in [7, 11) is 6.08. The lowest BCUT2D eigenvalue weighted by Crippen LogP contribution is -2.53. The van der Waals surface area contributed by atoms with E-state index in [1.165, 1.54) is 0 Å². The van der Waals surface area contributed by atoms with Gasteiger partial charge in [0.25, 0.3) is 0 Å². The van der Waals surface area contributed by atoms with Gasteiger partial charge in [0.15, 0.2) is 0 Å². The van der Waals surface area contributed by atoms with Gasteiger partial charge >= 0.3 is 5.97 Å². The molecule has 0 aliphatic heterocycles. The lowest BCUT2D eigenvalue weighted by Gasteiger charge is -2.24. The number of nitrogens with zero attached hydrogens (tertiary/aromatic N) is 4. The number of aliphatic carboxylic acids is 1. The van der Waals surface area contributed by atoms with Gasteiger partial charge in [-0.25, -0.2) is 0 Å². The molecule has 5 N–H and O–H groups in total. The number of carboxylic acid groups (broad SMARTS) is 1. The smallest absolute Gasteiger partial charge is 0.305 e. The van der Waals surface area contributed by atoms with Crippen LogP contribution >= 0.6 is 0 Å². The number of carbonyl (C=O) groups is 6. The van der Waals surface area contributed by atoms with Crippen LogP contribution in [0.15, 0.2) is 5.11 Å². The van der Waals surface area contributed by atoms with Crippen molar-refractivity contribution in [1.29, 1.82) is 0 Å². The molecule has 2 atom stereocenters. The Hall–Kier alpha value is -3.71. The number of carbonyl (C=O) groups excluding carboxylic acids is 5. The molecule has 0 aliphatic carbocycles. The van der Waals surface area contributed by atoms with Crippen LogP contribution in [0.4, 0.5) is 0 Å². The quantitative estimate of drug-likeness (QED) is 0.0323. The summed E-state index contributed by atoms with van der Waals surface area (Å²) in [5.41, 5.74) is 8.39. The minimum absolute atomic E-state index is 0.256. The van der Waals surface area contributed by atoms with Gasteiger partial charge in [0.1, 0.15) is 24.9 Å². The summed E-state index contributed by atoms with van der Waals surface area (Å²) in [5, 5.41) is 22.0. The monoisotopic (exact) mass is 541 g/mol. The second kappa shape index (κ2) is 19.4. The first-order valence-electron chi connectivity index (χ1n) is 12.5.